The van der Waals surface area contributed by atoms with Crippen LogP contribution in [0.15, 0.2) is 22.7 Å². The first-order valence-electron chi connectivity index (χ1n) is 6.39. The van der Waals surface area contributed by atoms with Gasteiger partial charge in [-0.1, -0.05) is 22.0 Å². The van der Waals surface area contributed by atoms with Crippen LogP contribution < -0.4 is 10.6 Å². The molecule has 20 heavy (non-hydrogen) atoms. The van der Waals surface area contributed by atoms with Crippen molar-refractivity contribution in [2.45, 2.75) is 18.3 Å². The molecular weight excluding hydrogens is 360 g/mol. The fourth-order valence-corrected chi connectivity index (χ4v) is 5.86. The number of sulfone groups is 1. The SMILES string of the molecule is CC(N)c1ccc(N2CCSCC2S(C)(=O)=O)cc1Br. The maximum atomic E-state index is 11.9. The van der Waals surface area contributed by atoms with Gasteiger partial charge >= 0.3 is 0 Å². The minimum Gasteiger partial charge on any atom is -0.353 e. The van der Waals surface area contributed by atoms with Crippen molar-refractivity contribution in [2.75, 3.05) is 29.2 Å². The summed E-state index contributed by atoms with van der Waals surface area (Å²) in [5.41, 5.74) is 7.85. The van der Waals surface area contributed by atoms with Gasteiger partial charge in [0.2, 0.25) is 0 Å². The summed E-state index contributed by atoms with van der Waals surface area (Å²) in [5, 5.41) is -0.450. The molecule has 0 aromatic heterocycles. The second kappa shape index (κ2) is 6.25. The quantitative estimate of drug-likeness (QED) is 0.874. The number of rotatable bonds is 3. The molecule has 0 bridgehead atoms. The van der Waals surface area contributed by atoms with Crippen molar-refractivity contribution in [1.29, 1.82) is 0 Å². The molecule has 4 nitrogen and oxygen atoms in total. The molecule has 1 heterocycles. The van der Waals surface area contributed by atoms with E-state index in [1.165, 1.54) is 6.26 Å². The van der Waals surface area contributed by atoms with E-state index in [1.54, 1.807) is 11.8 Å². The highest BCUT2D eigenvalue weighted by Gasteiger charge is 2.31. The Morgan fingerprint density at radius 2 is 2.20 bits per heavy atom. The summed E-state index contributed by atoms with van der Waals surface area (Å²) < 4.78 is 24.8. The van der Waals surface area contributed by atoms with Crippen LogP contribution in [0.1, 0.15) is 18.5 Å². The number of benzene rings is 1. The Balaban J connectivity index is 2.36. The Morgan fingerprint density at radius 1 is 1.50 bits per heavy atom. The number of halogens is 1. The Labute approximate surface area is 133 Å². The van der Waals surface area contributed by atoms with Crippen LogP contribution in [0.4, 0.5) is 5.69 Å². The molecule has 0 aliphatic carbocycles. The lowest BCUT2D eigenvalue weighted by molar-refractivity contribution is 0.584. The average molecular weight is 379 g/mol. The zero-order valence-electron chi connectivity index (χ0n) is 11.5. The maximum absolute atomic E-state index is 11.9. The molecule has 1 saturated heterocycles. The standard InChI is InChI=1S/C13H19BrN2O2S2/c1-9(15)11-4-3-10(7-12(11)14)16-5-6-19-8-13(16)20(2,17)18/h3-4,7,9,13H,5-6,8,15H2,1-2H3. The topological polar surface area (TPSA) is 63.4 Å². The summed E-state index contributed by atoms with van der Waals surface area (Å²) in [6, 6.07) is 5.83. The van der Waals surface area contributed by atoms with Crippen LogP contribution in [0, 0.1) is 0 Å². The maximum Gasteiger partial charge on any atom is 0.169 e. The highest BCUT2D eigenvalue weighted by atomic mass is 79.9. The van der Waals surface area contributed by atoms with E-state index in [0.29, 0.717) is 5.75 Å². The predicted molar refractivity (Wildman–Crippen MR) is 90.0 cm³/mol. The van der Waals surface area contributed by atoms with Crippen LogP contribution in [0.2, 0.25) is 0 Å². The number of anilines is 1. The first kappa shape index (κ1) is 16.1. The lowest BCUT2D eigenvalue weighted by Gasteiger charge is -2.36. The second-order valence-electron chi connectivity index (χ2n) is 5.05. The van der Waals surface area contributed by atoms with E-state index in [-0.39, 0.29) is 6.04 Å². The minimum atomic E-state index is -3.10. The number of hydrogen-bond donors (Lipinski definition) is 1. The number of hydrogen-bond acceptors (Lipinski definition) is 5. The van der Waals surface area contributed by atoms with E-state index in [2.05, 4.69) is 15.9 Å². The fraction of sp³-hybridized carbons (Fsp3) is 0.538. The van der Waals surface area contributed by atoms with E-state index in [0.717, 1.165) is 28.0 Å². The van der Waals surface area contributed by atoms with Gasteiger partial charge in [0.25, 0.3) is 0 Å². The summed E-state index contributed by atoms with van der Waals surface area (Å²) >= 11 is 5.21. The Morgan fingerprint density at radius 3 is 2.75 bits per heavy atom. The highest BCUT2D eigenvalue weighted by molar-refractivity contribution is 9.10. The van der Waals surface area contributed by atoms with Crippen LogP contribution in [0.3, 0.4) is 0 Å². The normalized spacial score (nSPS) is 21.8. The third-order valence-electron chi connectivity index (χ3n) is 3.39. The van der Waals surface area contributed by atoms with Gasteiger partial charge in [-0.15, -0.1) is 0 Å². The van der Waals surface area contributed by atoms with Crippen molar-refractivity contribution in [3.05, 3.63) is 28.2 Å². The van der Waals surface area contributed by atoms with Gasteiger partial charge in [-0.2, -0.15) is 11.8 Å². The van der Waals surface area contributed by atoms with Crippen molar-refractivity contribution >= 4 is 43.2 Å². The molecule has 1 aliphatic rings. The van der Waals surface area contributed by atoms with Crippen LogP contribution in [-0.4, -0.2) is 38.1 Å². The number of nitrogens with two attached hydrogens (primary N) is 1. The van der Waals surface area contributed by atoms with Crippen LogP contribution in [0.5, 0.6) is 0 Å². The van der Waals surface area contributed by atoms with Gasteiger partial charge in [0, 0.05) is 40.5 Å². The van der Waals surface area contributed by atoms with Crippen molar-refractivity contribution in [3.8, 4) is 0 Å². The molecule has 1 fully saturated rings. The van der Waals surface area contributed by atoms with Gasteiger partial charge in [0.05, 0.1) is 0 Å². The Hall–Kier alpha value is -0.240. The molecule has 2 N–H and O–H groups in total. The molecule has 0 radical (unpaired) electrons. The highest BCUT2D eigenvalue weighted by Crippen LogP contribution is 2.31. The lowest BCUT2D eigenvalue weighted by Crippen LogP contribution is -2.47. The predicted octanol–water partition coefficient (Wildman–Crippen LogP) is 2.39. The van der Waals surface area contributed by atoms with E-state index in [4.69, 9.17) is 5.73 Å². The van der Waals surface area contributed by atoms with Crippen molar-refractivity contribution in [3.63, 3.8) is 0 Å². The zero-order chi connectivity index (χ0) is 14.9. The molecule has 1 aromatic rings. The fourth-order valence-electron chi connectivity index (χ4n) is 2.30. The summed E-state index contributed by atoms with van der Waals surface area (Å²) in [6.07, 6.45) is 1.31. The summed E-state index contributed by atoms with van der Waals surface area (Å²) in [4.78, 5) is 1.97. The summed E-state index contributed by atoms with van der Waals surface area (Å²) in [5.74, 6) is 1.56. The van der Waals surface area contributed by atoms with Gasteiger partial charge in [-0.05, 0) is 24.6 Å². The van der Waals surface area contributed by atoms with Gasteiger partial charge in [-0.3, -0.25) is 0 Å². The van der Waals surface area contributed by atoms with E-state index < -0.39 is 15.2 Å². The third kappa shape index (κ3) is 3.50. The molecule has 0 amide bonds. The molecular formula is C13H19BrN2O2S2. The van der Waals surface area contributed by atoms with Crippen molar-refractivity contribution < 1.29 is 8.42 Å². The van der Waals surface area contributed by atoms with Crippen molar-refractivity contribution in [2.24, 2.45) is 5.73 Å². The Bertz CT molecular complexity index is 590. The zero-order valence-corrected chi connectivity index (χ0v) is 14.8. The smallest absolute Gasteiger partial charge is 0.169 e. The average Bonchev–Trinajstić information content (AvgIpc) is 2.37. The first-order valence-corrected chi connectivity index (χ1v) is 10.3. The second-order valence-corrected chi connectivity index (χ2v) is 9.25. The van der Waals surface area contributed by atoms with Gasteiger partial charge < -0.3 is 10.6 Å². The molecule has 7 heteroatoms. The van der Waals surface area contributed by atoms with Crippen LogP contribution in [0.25, 0.3) is 0 Å². The molecule has 112 valence electrons. The first-order chi connectivity index (χ1) is 9.30. The van der Waals surface area contributed by atoms with E-state index >= 15 is 0 Å². The minimum absolute atomic E-state index is 0.0546. The molecule has 2 atom stereocenters. The summed E-state index contributed by atoms with van der Waals surface area (Å²) in [7, 11) is -3.10. The largest absolute Gasteiger partial charge is 0.353 e. The third-order valence-corrected chi connectivity index (χ3v) is 6.72. The number of nitrogens with zero attached hydrogens (tertiary/aromatic N) is 1. The monoisotopic (exact) mass is 378 g/mol. The van der Waals surface area contributed by atoms with Gasteiger partial charge in [-0.25, -0.2) is 8.42 Å². The van der Waals surface area contributed by atoms with E-state index in [1.807, 2.05) is 30.0 Å². The summed E-state index contributed by atoms with van der Waals surface area (Å²) in [6.45, 7) is 2.67. The molecule has 2 rings (SSSR count). The van der Waals surface area contributed by atoms with Crippen LogP contribution >= 0.6 is 27.7 Å². The van der Waals surface area contributed by atoms with Gasteiger partial charge in [0.15, 0.2) is 9.84 Å². The van der Waals surface area contributed by atoms with E-state index in [9.17, 15) is 8.42 Å². The van der Waals surface area contributed by atoms with Gasteiger partial charge in [0.1, 0.15) is 5.37 Å². The molecule has 2 unspecified atom stereocenters. The molecule has 1 aromatic carbocycles. The van der Waals surface area contributed by atoms with Crippen molar-refractivity contribution in [1.82, 2.24) is 0 Å². The lowest BCUT2D eigenvalue weighted by atomic mass is 10.1. The number of thioether (sulfide) groups is 1. The van der Waals surface area contributed by atoms with Crippen LogP contribution in [-0.2, 0) is 9.84 Å². The Kier molecular flexibility index (Phi) is 5.05. The molecule has 0 spiro atoms. The molecule has 0 saturated carbocycles. The molecule has 1 aliphatic heterocycles.